The Hall–Kier alpha value is -3.16. The highest BCUT2D eigenvalue weighted by atomic mass is 16.6. The molecule has 23 heavy (non-hydrogen) atoms. The number of para-hydroxylation sites is 1. The maximum Gasteiger partial charge on any atom is 0.334 e. The van der Waals surface area contributed by atoms with E-state index in [2.05, 4.69) is 5.32 Å². The Morgan fingerprint density at radius 1 is 1.09 bits per heavy atom. The van der Waals surface area contributed by atoms with Crippen LogP contribution < -0.4 is 5.32 Å². The molecule has 0 aromatic heterocycles. The van der Waals surface area contributed by atoms with E-state index in [1.165, 1.54) is 38.1 Å². The van der Waals surface area contributed by atoms with Crippen molar-refractivity contribution in [3.05, 3.63) is 62.5 Å². The molecule has 0 saturated heterocycles. The second-order valence-electron chi connectivity index (χ2n) is 5.06. The topological polar surface area (TPSA) is 130 Å². The standard InChI is InChI=1S/C15H14N2O6/c1-7-11(14(18)19)13(12(15(20)21)8(2)16-7)9-5-3-4-6-10(9)17(22)23/h3-6,13,16H,1-2H3,(H,18,19)(H,20,21). The highest BCUT2D eigenvalue weighted by Crippen LogP contribution is 2.41. The number of nitro groups is 1. The van der Waals surface area contributed by atoms with Gasteiger partial charge in [0.2, 0.25) is 0 Å². The zero-order valence-electron chi connectivity index (χ0n) is 12.4. The van der Waals surface area contributed by atoms with Gasteiger partial charge in [-0.1, -0.05) is 18.2 Å². The third-order valence-electron chi connectivity index (χ3n) is 3.67. The second kappa shape index (κ2) is 5.91. The van der Waals surface area contributed by atoms with E-state index < -0.39 is 22.8 Å². The van der Waals surface area contributed by atoms with E-state index in [-0.39, 0.29) is 33.8 Å². The molecule has 0 unspecified atom stereocenters. The molecule has 8 heteroatoms. The lowest BCUT2D eigenvalue weighted by Gasteiger charge is -2.28. The third kappa shape index (κ3) is 2.78. The number of hydrogen-bond acceptors (Lipinski definition) is 5. The number of allylic oxidation sites excluding steroid dienone is 2. The predicted molar refractivity (Wildman–Crippen MR) is 79.6 cm³/mol. The summed E-state index contributed by atoms with van der Waals surface area (Å²) in [7, 11) is 0. The molecular formula is C15H14N2O6. The molecule has 0 saturated carbocycles. The summed E-state index contributed by atoms with van der Waals surface area (Å²) in [6.07, 6.45) is 0. The van der Waals surface area contributed by atoms with E-state index >= 15 is 0 Å². The molecule has 8 nitrogen and oxygen atoms in total. The molecule has 1 aliphatic heterocycles. The maximum absolute atomic E-state index is 11.6. The summed E-state index contributed by atoms with van der Waals surface area (Å²) in [5.41, 5.74) is -0.221. The van der Waals surface area contributed by atoms with Crippen LogP contribution in [0.1, 0.15) is 25.3 Å². The van der Waals surface area contributed by atoms with Crippen molar-refractivity contribution in [2.75, 3.05) is 0 Å². The van der Waals surface area contributed by atoms with Crippen molar-refractivity contribution in [3.63, 3.8) is 0 Å². The molecule has 0 aliphatic carbocycles. The summed E-state index contributed by atoms with van der Waals surface area (Å²) in [4.78, 5) is 33.8. The van der Waals surface area contributed by atoms with Gasteiger partial charge in [-0.15, -0.1) is 0 Å². The number of rotatable bonds is 4. The van der Waals surface area contributed by atoms with Gasteiger partial charge in [-0.25, -0.2) is 9.59 Å². The van der Waals surface area contributed by atoms with Gasteiger partial charge in [-0.05, 0) is 13.8 Å². The Morgan fingerprint density at radius 2 is 1.57 bits per heavy atom. The molecule has 1 aromatic rings. The number of carbonyl (C=O) groups is 2. The van der Waals surface area contributed by atoms with E-state index in [1.807, 2.05) is 0 Å². The minimum Gasteiger partial charge on any atom is -0.478 e. The number of nitro benzene ring substituents is 1. The number of aliphatic carboxylic acids is 2. The summed E-state index contributed by atoms with van der Waals surface area (Å²) in [5.74, 6) is -3.89. The Kier molecular flexibility index (Phi) is 4.17. The van der Waals surface area contributed by atoms with Crippen LogP contribution in [0, 0.1) is 10.1 Å². The Bertz CT molecular complexity index is 742. The molecule has 0 amide bonds. The molecule has 0 radical (unpaired) electrons. The monoisotopic (exact) mass is 318 g/mol. The van der Waals surface area contributed by atoms with Crippen LogP contribution >= 0.6 is 0 Å². The van der Waals surface area contributed by atoms with Crippen LogP contribution in [0.25, 0.3) is 0 Å². The zero-order valence-corrected chi connectivity index (χ0v) is 12.4. The molecule has 120 valence electrons. The molecule has 3 N–H and O–H groups in total. The number of carboxylic acids is 2. The van der Waals surface area contributed by atoms with Crippen LogP contribution in [0.4, 0.5) is 5.69 Å². The van der Waals surface area contributed by atoms with Gasteiger partial charge in [0.25, 0.3) is 5.69 Å². The lowest BCUT2D eigenvalue weighted by atomic mass is 9.80. The minimum atomic E-state index is -1.33. The van der Waals surface area contributed by atoms with Crippen molar-refractivity contribution in [1.29, 1.82) is 0 Å². The minimum absolute atomic E-state index is 0.0347. The van der Waals surface area contributed by atoms with Gasteiger partial charge in [0, 0.05) is 23.0 Å². The van der Waals surface area contributed by atoms with Crippen molar-refractivity contribution < 1.29 is 24.7 Å². The largest absolute Gasteiger partial charge is 0.478 e. The number of benzene rings is 1. The van der Waals surface area contributed by atoms with Crippen molar-refractivity contribution in [2.45, 2.75) is 19.8 Å². The fourth-order valence-corrected chi connectivity index (χ4v) is 2.77. The number of nitrogens with zero attached hydrogens (tertiary/aromatic N) is 1. The quantitative estimate of drug-likeness (QED) is 0.571. The number of carboxylic acid groups (broad SMARTS) is 2. The van der Waals surface area contributed by atoms with Crippen molar-refractivity contribution in [2.24, 2.45) is 0 Å². The summed E-state index contributed by atoms with van der Waals surface area (Å²) >= 11 is 0. The highest BCUT2D eigenvalue weighted by Gasteiger charge is 2.39. The van der Waals surface area contributed by atoms with E-state index in [4.69, 9.17) is 0 Å². The summed E-state index contributed by atoms with van der Waals surface area (Å²) in [6.45, 7) is 2.99. The maximum atomic E-state index is 11.6. The van der Waals surface area contributed by atoms with Crippen LogP contribution in [0.3, 0.4) is 0 Å². The first kappa shape index (κ1) is 16.2. The van der Waals surface area contributed by atoms with Gasteiger partial charge < -0.3 is 15.5 Å². The van der Waals surface area contributed by atoms with Crippen LogP contribution in [0.15, 0.2) is 46.8 Å². The average Bonchev–Trinajstić information content (AvgIpc) is 2.45. The molecule has 0 atom stereocenters. The van der Waals surface area contributed by atoms with E-state index in [1.54, 1.807) is 0 Å². The molecule has 0 spiro atoms. The molecule has 2 rings (SSSR count). The van der Waals surface area contributed by atoms with Gasteiger partial charge in [-0.3, -0.25) is 10.1 Å². The Labute approximate surface area is 130 Å². The smallest absolute Gasteiger partial charge is 0.334 e. The van der Waals surface area contributed by atoms with Gasteiger partial charge >= 0.3 is 11.9 Å². The van der Waals surface area contributed by atoms with Crippen molar-refractivity contribution in [1.82, 2.24) is 5.32 Å². The van der Waals surface area contributed by atoms with E-state index in [9.17, 15) is 29.9 Å². The summed E-state index contributed by atoms with van der Waals surface area (Å²) in [5, 5.41) is 32.9. The third-order valence-corrected chi connectivity index (χ3v) is 3.67. The van der Waals surface area contributed by atoms with Crippen molar-refractivity contribution in [3.8, 4) is 0 Å². The van der Waals surface area contributed by atoms with Crippen molar-refractivity contribution >= 4 is 17.6 Å². The first-order valence-electron chi connectivity index (χ1n) is 6.64. The average molecular weight is 318 g/mol. The number of nitrogens with one attached hydrogen (secondary N) is 1. The Balaban J connectivity index is 2.81. The molecule has 1 aromatic carbocycles. The lowest BCUT2D eigenvalue weighted by Crippen LogP contribution is -2.31. The summed E-state index contributed by atoms with van der Waals surface area (Å²) in [6, 6.07) is 5.55. The second-order valence-corrected chi connectivity index (χ2v) is 5.06. The molecule has 1 aliphatic rings. The fraction of sp³-hybridized carbons (Fsp3) is 0.200. The first-order valence-corrected chi connectivity index (χ1v) is 6.64. The van der Waals surface area contributed by atoms with Crippen LogP contribution in [0.2, 0.25) is 0 Å². The molecule has 0 fully saturated rings. The van der Waals surface area contributed by atoms with Crippen LogP contribution in [-0.2, 0) is 9.59 Å². The van der Waals surface area contributed by atoms with Gasteiger partial charge in [-0.2, -0.15) is 0 Å². The van der Waals surface area contributed by atoms with E-state index in [0.717, 1.165) is 0 Å². The summed E-state index contributed by atoms with van der Waals surface area (Å²) < 4.78 is 0. The number of hydrogen-bond donors (Lipinski definition) is 3. The predicted octanol–water partition coefficient (Wildman–Crippen LogP) is 2.00. The Morgan fingerprint density at radius 3 is 2.00 bits per heavy atom. The number of dihydropyridines is 1. The SMILES string of the molecule is CC1=C(C(=O)O)C(c2ccccc2[N+](=O)[O-])C(C(=O)O)=C(C)N1. The molecule has 1 heterocycles. The molecule has 0 bridgehead atoms. The lowest BCUT2D eigenvalue weighted by molar-refractivity contribution is -0.385. The molecular weight excluding hydrogens is 304 g/mol. The van der Waals surface area contributed by atoms with Gasteiger partial charge in [0.15, 0.2) is 0 Å². The van der Waals surface area contributed by atoms with Gasteiger partial charge in [0.1, 0.15) is 0 Å². The zero-order chi connectivity index (χ0) is 17.3. The fourth-order valence-electron chi connectivity index (χ4n) is 2.77. The van der Waals surface area contributed by atoms with Crippen LogP contribution in [0.5, 0.6) is 0 Å². The van der Waals surface area contributed by atoms with Gasteiger partial charge in [0.05, 0.1) is 22.0 Å². The highest BCUT2D eigenvalue weighted by molar-refractivity contribution is 5.98. The normalized spacial score (nSPS) is 15.4. The van der Waals surface area contributed by atoms with Crippen LogP contribution in [-0.4, -0.2) is 27.1 Å². The first-order chi connectivity index (χ1) is 10.8. The van der Waals surface area contributed by atoms with E-state index in [0.29, 0.717) is 0 Å².